The van der Waals surface area contributed by atoms with E-state index in [1.807, 2.05) is 61.5 Å². The lowest BCUT2D eigenvalue weighted by atomic mass is 10.2. The van der Waals surface area contributed by atoms with Gasteiger partial charge < -0.3 is 5.32 Å². The summed E-state index contributed by atoms with van der Waals surface area (Å²) in [6.07, 6.45) is 1.73. The summed E-state index contributed by atoms with van der Waals surface area (Å²) in [6, 6.07) is 17.3. The van der Waals surface area contributed by atoms with Crippen LogP contribution in [-0.4, -0.2) is 21.4 Å². The van der Waals surface area contributed by atoms with Crippen LogP contribution in [0.4, 0.5) is 5.69 Å². The van der Waals surface area contributed by atoms with Crippen molar-refractivity contribution in [3.63, 3.8) is 0 Å². The highest BCUT2D eigenvalue weighted by molar-refractivity contribution is 8.00. The average Bonchev–Trinajstić information content (AvgIpc) is 2.56. The molecule has 110 valence electrons. The summed E-state index contributed by atoms with van der Waals surface area (Å²) in [5, 5.41) is 13.6. The van der Waals surface area contributed by atoms with Gasteiger partial charge in [0.2, 0.25) is 5.91 Å². The van der Waals surface area contributed by atoms with E-state index < -0.39 is 0 Å². The molecule has 0 unspecified atom stereocenters. The summed E-state index contributed by atoms with van der Waals surface area (Å²) in [5.41, 5.74) is 0.795. The number of para-hydroxylation sites is 1. The lowest BCUT2D eigenvalue weighted by molar-refractivity contribution is -0.115. The van der Waals surface area contributed by atoms with Crippen molar-refractivity contribution in [2.75, 3.05) is 5.32 Å². The van der Waals surface area contributed by atoms with Gasteiger partial charge in [-0.2, -0.15) is 5.10 Å². The van der Waals surface area contributed by atoms with E-state index in [1.165, 1.54) is 11.8 Å². The Morgan fingerprint density at radius 3 is 2.64 bits per heavy atom. The Hall–Kier alpha value is -2.40. The number of thioether (sulfide) groups is 1. The van der Waals surface area contributed by atoms with Crippen LogP contribution in [-0.2, 0) is 4.79 Å². The lowest BCUT2D eigenvalue weighted by Crippen LogP contribution is -2.22. The van der Waals surface area contributed by atoms with Gasteiger partial charge in [-0.25, -0.2) is 0 Å². The van der Waals surface area contributed by atoms with Gasteiger partial charge in [-0.05, 0) is 19.1 Å². The fraction of sp³-hybridized carbons (Fsp3) is 0.118. The van der Waals surface area contributed by atoms with Crippen LogP contribution in [0.5, 0.6) is 0 Å². The zero-order valence-corrected chi connectivity index (χ0v) is 12.9. The van der Waals surface area contributed by atoms with Crippen LogP contribution in [0.2, 0.25) is 0 Å². The summed E-state index contributed by atoms with van der Waals surface area (Å²) < 4.78 is 0. The third kappa shape index (κ3) is 3.26. The molecule has 1 heterocycles. The van der Waals surface area contributed by atoms with Crippen molar-refractivity contribution in [2.24, 2.45) is 0 Å². The van der Waals surface area contributed by atoms with E-state index in [1.54, 1.807) is 6.20 Å². The Morgan fingerprint density at radius 1 is 1.09 bits per heavy atom. The van der Waals surface area contributed by atoms with Crippen molar-refractivity contribution in [1.29, 1.82) is 0 Å². The SMILES string of the molecule is C[C@H](Sc1nncc2ccccc12)C(=O)Nc1ccccc1. The fourth-order valence-electron chi connectivity index (χ4n) is 2.08. The number of fused-ring (bicyclic) bond motifs is 1. The molecule has 3 rings (SSSR count). The summed E-state index contributed by atoms with van der Waals surface area (Å²) in [4.78, 5) is 12.3. The Morgan fingerprint density at radius 2 is 1.82 bits per heavy atom. The minimum Gasteiger partial charge on any atom is -0.325 e. The highest BCUT2D eigenvalue weighted by atomic mass is 32.2. The molecule has 0 aliphatic rings. The van der Waals surface area contributed by atoms with E-state index in [4.69, 9.17) is 0 Å². The number of amides is 1. The van der Waals surface area contributed by atoms with E-state index in [9.17, 15) is 4.79 Å². The number of aromatic nitrogens is 2. The first-order valence-electron chi connectivity index (χ1n) is 6.97. The molecule has 0 aliphatic carbocycles. The van der Waals surface area contributed by atoms with Gasteiger partial charge in [0.15, 0.2) is 0 Å². The molecule has 0 aliphatic heterocycles. The number of rotatable bonds is 4. The number of nitrogens with zero attached hydrogens (tertiary/aromatic N) is 2. The average molecular weight is 309 g/mol. The van der Waals surface area contributed by atoms with Gasteiger partial charge in [-0.1, -0.05) is 54.2 Å². The van der Waals surface area contributed by atoms with Crippen LogP contribution in [0.25, 0.3) is 10.8 Å². The fourth-order valence-corrected chi connectivity index (χ4v) is 2.98. The molecule has 5 heteroatoms. The van der Waals surface area contributed by atoms with Crippen LogP contribution < -0.4 is 5.32 Å². The van der Waals surface area contributed by atoms with E-state index in [-0.39, 0.29) is 11.2 Å². The molecule has 3 aromatic rings. The third-order valence-corrected chi connectivity index (χ3v) is 4.33. The highest BCUT2D eigenvalue weighted by Gasteiger charge is 2.17. The van der Waals surface area contributed by atoms with Crippen molar-refractivity contribution in [2.45, 2.75) is 17.2 Å². The van der Waals surface area contributed by atoms with E-state index in [0.29, 0.717) is 0 Å². The minimum atomic E-state index is -0.264. The molecule has 4 nitrogen and oxygen atoms in total. The van der Waals surface area contributed by atoms with Gasteiger partial charge in [-0.15, -0.1) is 5.10 Å². The van der Waals surface area contributed by atoms with Crippen molar-refractivity contribution < 1.29 is 4.79 Å². The first-order chi connectivity index (χ1) is 10.7. The van der Waals surface area contributed by atoms with Gasteiger partial charge in [0, 0.05) is 16.5 Å². The molecular formula is C17H15N3OS. The molecule has 22 heavy (non-hydrogen) atoms. The van der Waals surface area contributed by atoms with Crippen molar-refractivity contribution in [3.8, 4) is 0 Å². The molecule has 0 fully saturated rings. The van der Waals surface area contributed by atoms with E-state index in [2.05, 4.69) is 15.5 Å². The first-order valence-corrected chi connectivity index (χ1v) is 7.85. The van der Waals surface area contributed by atoms with E-state index in [0.717, 1.165) is 21.5 Å². The van der Waals surface area contributed by atoms with Gasteiger partial charge >= 0.3 is 0 Å². The molecule has 0 bridgehead atoms. The summed E-state index contributed by atoms with van der Waals surface area (Å²) in [5.74, 6) is -0.0501. The molecule has 2 aromatic carbocycles. The van der Waals surface area contributed by atoms with Crippen LogP contribution in [0.3, 0.4) is 0 Å². The maximum absolute atomic E-state index is 12.3. The normalized spacial score (nSPS) is 12.0. The van der Waals surface area contributed by atoms with Crippen molar-refractivity contribution in [1.82, 2.24) is 10.2 Å². The zero-order valence-electron chi connectivity index (χ0n) is 12.1. The quantitative estimate of drug-likeness (QED) is 0.746. The standard InChI is InChI=1S/C17H15N3OS/c1-12(16(21)19-14-8-3-2-4-9-14)22-17-15-10-6-5-7-13(15)11-18-20-17/h2-12H,1H3,(H,19,21)/t12-/m0/s1. The number of anilines is 1. The number of carbonyl (C=O) groups excluding carboxylic acids is 1. The number of carbonyl (C=O) groups is 1. The van der Waals surface area contributed by atoms with Gasteiger partial charge in [0.25, 0.3) is 0 Å². The second-order valence-electron chi connectivity index (χ2n) is 4.85. The highest BCUT2D eigenvalue weighted by Crippen LogP contribution is 2.28. The second kappa shape index (κ2) is 6.58. The van der Waals surface area contributed by atoms with Crippen LogP contribution in [0.1, 0.15) is 6.92 Å². The second-order valence-corrected chi connectivity index (χ2v) is 6.18. The molecule has 0 saturated heterocycles. The largest absolute Gasteiger partial charge is 0.325 e. The minimum absolute atomic E-state index is 0.0501. The van der Waals surface area contributed by atoms with Crippen LogP contribution in [0, 0.1) is 0 Å². The maximum Gasteiger partial charge on any atom is 0.237 e. The summed E-state index contributed by atoms with van der Waals surface area (Å²) in [6.45, 7) is 1.87. The molecule has 1 N–H and O–H groups in total. The first kappa shape index (κ1) is 14.5. The number of nitrogens with one attached hydrogen (secondary N) is 1. The Kier molecular flexibility index (Phi) is 4.34. The van der Waals surface area contributed by atoms with Gasteiger partial charge in [0.1, 0.15) is 5.03 Å². The number of hydrogen-bond donors (Lipinski definition) is 1. The van der Waals surface area contributed by atoms with Crippen LogP contribution >= 0.6 is 11.8 Å². The molecule has 1 atom stereocenters. The van der Waals surface area contributed by atoms with Gasteiger partial charge in [-0.3, -0.25) is 4.79 Å². The molecule has 0 radical (unpaired) electrons. The van der Waals surface area contributed by atoms with Crippen molar-refractivity contribution >= 4 is 34.1 Å². The molecular weight excluding hydrogens is 294 g/mol. The Bertz CT molecular complexity index is 787. The van der Waals surface area contributed by atoms with E-state index >= 15 is 0 Å². The summed E-state index contributed by atoms with van der Waals surface area (Å²) >= 11 is 1.41. The number of benzene rings is 2. The van der Waals surface area contributed by atoms with Gasteiger partial charge in [0.05, 0.1) is 11.4 Å². The Labute approximate surface area is 133 Å². The predicted octanol–water partition coefficient (Wildman–Crippen LogP) is 3.75. The lowest BCUT2D eigenvalue weighted by Gasteiger charge is -2.12. The number of hydrogen-bond acceptors (Lipinski definition) is 4. The molecule has 1 aromatic heterocycles. The molecule has 1 amide bonds. The maximum atomic E-state index is 12.3. The molecule has 0 spiro atoms. The monoisotopic (exact) mass is 309 g/mol. The van der Waals surface area contributed by atoms with Crippen molar-refractivity contribution in [3.05, 3.63) is 60.8 Å². The van der Waals surface area contributed by atoms with Crippen LogP contribution in [0.15, 0.2) is 65.8 Å². The summed E-state index contributed by atoms with van der Waals surface area (Å²) in [7, 11) is 0. The predicted molar refractivity (Wildman–Crippen MR) is 89.9 cm³/mol. The Balaban J connectivity index is 1.75. The third-order valence-electron chi connectivity index (χ3n) is 3.24. The smallest absolute Gasteiger partial charge is 0.237 e. The zero-order chi connectivity index (χ0) is 15.4. The molecule has 0 saturated carbocycles. The topological polar surface area (TPSA) is 54.9 Å².